The number of hydrogen-bond donors (Lipinski definition) is 0. The van der Waals surface area contributed by atoms with Crippen LogP contribution in [0.4, 0.5) is 0 Å². The van der Waals surface area contributed by atoms with E-state index in [-0.39, 0.29) is 0 Å². The number of morpholine rings is 1. The molecule has 0 N–H and O–H groups in total. The van der Waals surface area contributed by atoms with Gasteiger partial charge >= 0.3 is 0 Å². The Balaban J connectivity index is 1.67. The second kappa shape index (κ2) is 6.88. The van der Waals surface area contributed by atoms with Gasteiger partial charge < -0.3 is 4.74 Å². The second-order valence-electron chi connectivity index (χ2n) is 6.78. The number of hydrogen-bond acceptors (Lipinski definition) is 3. The monoisotopic (exact) mass is 320 g/mol. The molecule has 124 valence electrons. The third kappa shape index (κ3) is 3.28. The van der Waals surface area contributed by atoms with E-state index in [4.69, 9.17) is 9.73 Å². The molecule has 1 fully saturated rings. The Kier molecular flexibility index (Phi) is 4.46. The van der Waals surface area contributed by atoms with Crippen LogP contribution in [0.1, 0.15) is 22.3 Å². The van der Waals surface area contributed by atoms with E-state index in [9.17, 15) is 0 Å². The van der Waals surface area contributed by atoms with Crippen LogP contribution in [0.15, 0.2) is 53.5 Å². The van der Waals surface area contributed by atoms with Crippen LogP contribution in [0.25, 0.3) is 0 Å². The Bertz CT molecular complexity index is 733. The molecule has 1 unspecified atom stereocenters. The van der Waals surface area contributed by atoms with Crippen LogP contribution >= 0.6 is 0 Å². The molecule has 0 amide bonds. The maximum absolute atomic E-state index is 5.47. The largest absolute Gasteiger partial charge is 0.379 e. The third-order valence-electron chi connectivity index (χ3n) is 4.91. The lowest BCUT2D eigenvalue weighted by Gasteiger charge is -2.31. The summed E-state index contributed by atoms with van der Waals surface area (Å²) in [5.41, 5.74) is 6.39. The minimum Gasteiger partial charge on any atom is -0.379 e. The maximum atomic E-state index is 5.47. The second-order valence-corrected chi connectivity index (χ2v) is 6.78. The van der Waals surface area contributed by atoms with Gasteiger partial charge in [-0.1, -0.05) is 48.0 Å². The van der Waals surface area contributed by atoms with Crippen molar-refractivity contribution in [3.05, 3.63) is 70.8 Å². The average molecular weight is 320 g/mol. The molecule has 0 radical (unpaired) electrons. The molecule has 0 aromatic heterocycles. The van der Waals surface area contributed by atoms with Gasteiger partial charge in [0.2, 0.25) is 0 Å². The van der Waals surface area contributed by atoms with E-state index in [0.717, 1.165) is 45.0 Å². The number of ether oxygens (including phenoxy) is 1. The summed E-state index contributed by atoms with van der Waals surface area (Å²) in [4.78, 5) is 7.65. The molecular formula is C21H24N2O. The van der Waals surface area contributed by atoms with Crippen molar-refractivity contribution in [1.82, 2.24) is 4.90 Å². The molecule has 1 saturated heterocycles. The molecular weight excluding hydrogens is 296 g/mol. The lowest BCUT2D eigenvalue weighted by Crippen LogP contribution is -2.42. The number of rotatable bonds is 3. The highest BCUT2D eigenvalue weighted by Crippen LogP contribution is 2.25. The fourth-order valence-electron chi connectivity index (χ4n) is 3.65. The number of aryl methyl sites for hydroxylation is 1. The predicted molar refractivity (Wildman–Crippen MR) is 98.0 cm³/mol. The SMILES string of the molecule is Cc1ccc2c(c1)C(c1ccccc1)=NC(CN1CCOCC1)C2. The third-order valence-corrected chi connectivity index (χ3v) is 4.91. The van der Waals surface area contributed by atoms with Crippen LogP contribution < -0.4 is 0 Å². The minimum absolute atomic E-state index is 0.327. The molecule has 3 nitrogen and oxygen atoms in total. The standard InChI is InChI=1S/C21H24N2O/c1-16-7-8-18-14-19(15-23-9-11-24-12-10-23)22-21(20(18)13-16)17-5-3-2-4-6-17/h2-8,13,19H,9-12,14-15H2,1H3. The number of nitrogens with zero attached hydrogens (tertiary/aromatic N) is 2. The molecule has 0 spiro atoms. The Labute approximate surface area is 144 Å². The number of aliphatic imine (C=N–C) groups is 1. The molecule has 1 atom stereocenters. The maximum Gasteiger partial charge on any atom is 0.0725 e. The average Bonchev–Trinajstić information content (AvgIpc) is 2.63. The molecule has 0 bridgehead atoms. The first-order chi connectivity index (χ1) is 11.8. The lowest BCUT2D eigenvalue weighted by molar-refractivity contribution is 0.0354. The quantitative estimate of drug-likeness (QED) is 0.868. The van der Waals surface area contributed by atoms with Gasteiger partial charge in [0, 0.05) is 30.8 Å². The normalized spacial score (nSPS) is 21.2. The molecule has 0 saturated carbocycles. The Hall–Kier alpha value is -1.97. The summed E-state index contributed by atoms with van der Waals surface area (Å²) < 4.78 is 5.47. The number of fused-ring (bicyclic) bond motifs is 1. The molecule has 2 aromatic rings. The highest BCUT2D eigenvalue weighted by molar-refractivity contribution is 6.14. The summed E-state index contributed by atoms with van der Waals surface area (Å²) in [6.07, 6.45) is 1.03. The predicted octanol–water partition coefficient (Wildman–Crippen LogP) is 3.09. The molecule has 2 heterocycles. The van der Waals surface area contributed by atoms with Crippen LogP contribution in [0.5, 0.6) is 0 Å². The van der Waals surface area contributed by atoms with E-state index in [1.165, 1.54) is 22.3 Å². The van der Waals surface area contributed by atoms with E-state index in [2.05, 4.69) is 60.4 Å². The Morgan fingerprint density at radius 3 is 2.67 bits per heavy atom. The summed E-state index contributed by atoms with van der Waals surface area (Å²) in [6.45, 7) is 6.91. The van der Waals surface area contributed by atoms with Crippen molar-refractivity contribution in [3.8, 4) is 0 Å². The summed E-state index contributed by atoms with van der Waals surface area (Å²) in [7, 11) is 0. The Morgan fingerprint density at radius 1 is 1.08 bits per heavy atom. The molecule has 2 aliphatic rings. The zero-order valence-corrected chi connectivity index (χ0v) is 14.2. The van der Waals surface area contributed by atoms with Crippen molar-refractivity contribution in [2.75, 3.05) is 32.8 Å². The van der Waals surface area contributed by atoms with Gasteiger partial charge in [-0.3, -0.25) is 9.89 Å². The van der Waals surface area contributed by atoms with Gasteiger partial charge in [-0.25, -0.2) is 0 Å². The molecule has 4 rings (SSSR count). The summed E-state index contributed by atoms with van der Waals surface area (Å²) in [5.74, 6) is 0. The first kappa shape index (κ1) is 15.6. The smallest absolute Gasteiger partial charge is 0.0725 e. The first-order valence-corrected chi connectivity index (χ1v) is 8.83. The molecule has 2 aromatic carbocycles. The van der Waals surface area contributed by atoms with Crippen molar-refractivity contribution >= 4 is 5.71 Å². The molecule has 2 aliphatic heterocycles. The highest BCUT2D eigenvalue weighted by Gasteiger charge is 2.24. The summed E-state index contributed by atoms with van der Waals surface area (Å²) >= 11 is 0. The van der Waals surface area contributed by atoms with Gasteiger partial charge in [-0.15, -0.1) is 0 Å². The van der Waals surface area contributed by atoms with Crippen molar-refractivity contribution in [2.24, 2.45) is 4.99 Å². The summed E-state index contributed by atoms with van der Waals surface area (Å²) in [6, 6.07) is 17.7. The van der Waals surface area contributed by atoms with Gasteiger partial charge in [-0.05, 0) is 25.0 Å². The summed E-state index contributed by atoms with van der Waals surface area (Å²) in [5, 5.41) is 0. The van der Waals surface area contributed by atoms with E-state index in [0.29, 0.717) is 6.04 Å². The van der Waals surface area contributed by atoms with Crippen LogP contribution in [0.2, 0.25) is 0 Å². The topological polar surface area (TPSA) is 24.8 Å². The van der Waals surface area contributed by atoms with Gasteiger partial charge in [-0.2, -0.15) is 0 Å². The fraction of sp³-hybridized carbons (Fsp3) is 0.381. The van der Waals surface area contributed by atoms with Crippen LogP contribution in [-0.2, 0) is 11.2 Å². The lowest BCUT2D eigenvalue weighted by atomic mass is 9.89. The Morgan fingerprint density at radius 2 is 1.88 bits per heavy atom. The fourth-order valence-corrected chi connectivity index (χ4v) is 3.65. The van der Waals surface area contributed by atoms with E-state index in [1.54, 1.807) is 0 Å². The van der Waals surface area contributed by atoms with Crippen LogP contribution in [-0.4, -0.2) is 49.5 Å². The van der Waals surface area contributed by atoms with Crippen LogP contribution in [0.3, 0.4) is 0 Å². The van der Waals surface area contributed by atoms with Crippen molar-refractivity contribution < 1.29 is 4.74 Å². The zero-order valence-electron chi connectivity index (χ0n) is 14.2. The van der Waals surface area contributed by atoms with E-state index in [1.807, 2.05) is 0 Å². The molecule has 0 aliphatic carbocycles. The zero-order chi connectivity index (χ0) is 16.4. The van der Waals surface area contributed by atoms with Crippen molar-refractivity contribution in [3.63, 3.8) is 0 Å². The van der Waals surface area contributed by atoms with Gasteiger partial charge in [0.1, 0.15) is 0 Å². The van der Waals surface area contributed by atoms with E-state index < -0.39 is 0 Å². The molecule has 24 heavy (non-hydrogen) atoms. The van der Waals surface area contributed by atoms with Crippen LogP contribution in [0, 0.1) is 6.92 Å². The number of benzene rings is 2. The van der Waals surface area contributed by atoms with E-state index >= 15 is 0 Å². The highest BCUT2D eigenvalue weighted by atomic mass is 16.5. The molecule has 3 heteroatoms. The van der Waals surface area contributed by atoms with Gasteiger partial charge in [0.15, 0.2) is 0 Å². The van der Waals surface area contributed by atoms with Gasteiger partial charge in [0.25, 0.3) is 0 Å². The van der Waals surface area contributed by atoms with Gasteiger partial charge in [0.05, 0.1) is 25.0 Å². The van der Waals surface area contributed by atoms with Crippen molar-refractivity contribution in [2.45, 2.75) is 19.4 Å². The van der Waals surface area contributed by atoms with Crippen molar-refractivity contribution in [1.29, 1.82) is 0 Å². The first-order valence-electron chi connectivity index (χ1n) is 8.83. The minimum atomic E-state index is 0.327.